The number of carbonyl (C=O) groups excluding carboxylic acids is 4. The van der Waals surface area contributed by atoms with Crippen molar-refractivity contribution in [3.63, 3.8) is 0 Å². The number of ketones is 1. The van der Waals surface area contributed by atoms with Crippen molar-refractivity contribution in [2.24, 2.45) is 11.8 Å². The number of nitrogens with zero attached hydrogens (tertiary/aromatic N) is 1. The highest BCUT2D eigenvalue weighted by molar-refractivity contribution is 6.00. The zero-order valence-electron chi connectivity index (χ0n) is 23.8. The molecular weight excluding hydrogens is 538 g/mol. The largest absolute Gasteiger partial charge is 0.493 e. The van der Waals surface area contributed by atoms with Gasteiger partial charge in [-0.05, 0) is 36.2 Å². The maximum Gasteiger partial charge on any atom is 0.410 e. The molecule has 0 aromatic heterocycles. The van der Waals surface area contributed by atoms with Gasteiger partial charge in [-0.15, -0.1) is 0 Å². The molecule has 42 heavy (non-hydrogen) atoms. The van der Waals surface area contributed by atoms with Crippen LogP contribution in [0.4, 0.5) is 4.79 Å². The van der Waals surface area contributed by atoms with Crippen molar-refractivity contribution in [3.8, 4) is 11.5 Å². The van der Waals surface area contributed by atoms with Crippen LogP contribution in [-0.2, 0) is 32.1 Å². The van der Waals surface area contributed by atoms with Gasteiger partial charge in [0.25, 0.3) is 0 Å². The fourth-order valence-corrected chi connectivity index (χ4v) is 5.19. The van der Waals surface area contributed by atoms with Crippen LogP contribution in [0.5, 0.6) is 11.5 Å². The smallest absolute Gasteiger partial charge is 0.410 e. The summed E-state index contributed by atoms with van der Waals surface area (Å²) in [5.41, 5.74) is 2.21. The molecule has 3 atom stereocenters. The Morgan fingerprint density at radius 2 is 1.60 bits per heavy atom. The van der Waals surface area contributed by atoms with Gasteiger partial charge in [-0.2, -0.15) is 0 Å². The third kappa shape index (κ3) is 7.34. The van der Waals surface area contributed by atoms with E-state index in [1.54, 1.807) is 25.1 Å². The second-order valence-corrected chi connectivity index (χ2v) is 9.88. The summed E-state index contributed by atoms with van der Waals surface area (Å²) in [7, 11) is 1.49. The van der Waals surface area contributed by atoms with Crippen LogP contribution in [0.25, 0.3) is 0 Å². The summed E-state index contributed by atoms with van der Waals surface area (Å²) in [4.78, 5) is 53.0. The number of carbonyl (C=O) groups is 4. The van der Waals surface area contributed by atoms with E-state index in [1.807, 2.05) is 60.7 Å². The average Bonchev–Trinajstić information content (AvgIpc) is 3.40. The lowest BCUT2D eigenvalue weighted by atomic mass is 9.83. The zero-order valence-corrected chi connectivity index (χ0v) is 23.8. The highest BCUT2D eigenvalue weighted by Gasteiger charge is 2.51. The molecule has 0 aliphatic carbocycles. The Bertz CT molecular complexity index is 1360. The zero-order chi connectivity index (χ0) is 29.9. The molecule has 3 aromatic carbocycles. The number of Topliss-reactive ketones (excluding diaryl/α,β-unsaturated/α-hetero) is 1. The van der Waals surface area contributed by atoms with Crippen LogP contribution in [0.3, 0.4) is 0 Å². The van der Waals surface area contributed by atoms with Gasteiger partial charge in [-0.3, -0.25) is 9.69 Å². The minimum absolute atomic E-state index is 0.00832. The number of rotatable bonds is 13. The van der Waals surface area contributed by atoms with E-state index in [0.717, 1.165) is 11.1 Å². The first kappa shape index (κ1) is 30.3. The van der Waals surface area contributed by atoms with Crippen molar-refractivity contribution in [2.45, 2.75) is 32.4 Å². The molecular formula is C33H35NO8. The fourth-order valence-electron chi connectivity index (χ4n) is 5.19. The Hall–Kier alpha value is -4.66. The first-order chi connectivity index (χ1) is 20.5. The summed E-state index contributed by atoms with van der Waals surface area (Å²) in [5, 5.41) is 0. The lowest BCUT2D eigenvalue weighted by molar-refractivity contribution is -0.149. The summed E-state index contributed by atoms with van der Waals surface area (Å²) in [6, 6.07) is 22.8. The molecule has 1 fully saturated rings. The van der Waals surface area contributed by atoms with E-state index in [1.165, 1.54) is 12.0 Å². The molecule has 0 radical (unpaired) electrons. The third-order valence-electron chi connectivity index (χ3n) is 7.26. The van der Waals surface area contributed by atoms with E-state index in [4.69, 9.17) is 18.9 Å². The molecule has 220 valence electrons. The first-order valence-electron chi connectivity index (χ1n) is 13.9. The van der Waals surface area contributed by atoms with Gasteiger partial charge >= 0.3 is 12.1 Å². The van der Waals surface area contributed by atoms with Crippen LogP contribution in [-0.4, -0.2) is 61.9 Å². The number of aldehydes is 1. The molecule has 0 bridgehead atoms. The SMILES string of the molecule is CCOC(=O)[C@@H]1[C@@H](CC=O)[C@@H](C(=O)c2ccc(OCCc3ccccc3)c(OC)c2)CN1C(=O)OCc1ccccc1. The summed E-state index contributed by atoms with van der Waals surface area (Å²) in [5.74, 6) is -1.79. The quantitative estimate of drug-likeness (QED) is 0.161. The van der Waals surface area contributed by atoms with Crippen molar-refractivity contribution in [3.05, 3.63) is 95.6 Å². The number of esters is 1. The van der Waals surface area contributed by atoms with E-state index >= 15 is 0 Å². The number of hydrogen-bond acceptors (Lipinski definition) is 8. The summed E-state index contributed by atoms with van der Waals surface area (Å²) in [6.07, 6.45) is 0.481. The van der Waals surface area contributed by atoms with Crippen molar-refractivity contribution >= 4 is 24.1 Å². The van der Waals surface area contributed by atoms with E-state index in [9.17, 15) is 19.2 Å². The van der Waals surface area contributed by atoms with Crippen molar-refractivity contribution in [1.82, 2.24) is 4.90 Å². The predicted octanol–water partition coefficient (Wildman–Crippen LogP) is 4.90. The van der Waals surface area contributed by atoms with Gasteiger partial charge in [0.15, 0.2) is 17.3 Å². The van der Waals surface area contributed by atoms with E-state index in [0.29, 0.717) is 36.4 Å². The Morgan fingerprint density at radius 1 is 0.905 bits per heavy atom. The monoisotopic (exact) mass is 573 g/mol. The van der Waals surface area contributed by atoms with Gasteiger partial charge in [-0.1, -0.05) is 60.7 Å². The maximum atomic E-state index is 13.8. The van der Waals surface area contributed by atoms with Gasteiger partial charge in [0.05, 0.1) is 20.3 Å². The number of likely N-dealkylation sites (tertiary alicyclic amines) is 1. The second-order valence-electron chi connectivity index (χ2n) is 9.88. The molecule has 4 rings (SSSR count). The topological polar surface area (TPSA) is 108 Å². The standard InChI is InChI=1S/C33H35NO8/c1-3-40-32(37)30-26(16-18-35)27(21-34(30)33(38)42-22-24-12-8-5-9-13-24)31(36)25-14-15-28(29(20-25)39-2)41-19-17-23-10-6-4-7-11-23/h4-15,18,20,26-27,30H,3,16-17,19,21-22H2,1-2H3/t26-,27-,30-/m0/s1. The Labute approximate surface area is 245 Å². The van der Waals surface area contributed by atoms with Crippen molar-refractivity contribution < 1.29 is 38.1 Å². The number of methoxy groups -OCH3 is 1. The molecule has 9 nitrogen and oxygen atoms in total. The highest BCUT2D eigenvalue weighted by Crippen LogP contribution is 2.37. The minimum Gasteiger partial charge on any atom is -0.493 e. The average molecular weight is 574 g/mol. The fraction of sp³-hybridized carbons (Fsp3) is 0.333. The van der Waals surface area contributed by atoms with Crippen LogP contribution in [0, 0.1) is 11.8 Å². The molecule has 0 spiro atoms. The number of benzene rings is 3. The second kappa shape index (κ2) is 14.8. The van der Waals surface area contributed by atoms with Gasteiger partial charge in [-0.25, -0.2) is 9.59 Å². The lowest BCUT2D eigenvalue weighted by Crippen LogP contribution is -2.44. The van der Waals surface area contributed by atoms with Gasteiger partial charge in [0.1, 0.15) is 18.9 Å². The Morgan fingerprint density at radius 3 is 2.24 bits per heavy atom. The molecule has 9 heteroatoms. The maximum absolute atomic E-state index is 13.8. The molecule has 0 unspecified atom stereocenters. The Balaban J connectivity index is 1.53. The Kier molecular flexibility index (Phi) is 10.7. The number of hydrogen-bond donors (Lipinski definition) is 0. The number of ether oxygens (including phenoxy) is 4. The molecule has 3 aromatic rings. The molecule has 1 saturated heterocycles. The number of amides is 1. The summed E-state index contributed by atoms with van der Waals surface area (Å²) in [6.45, 7) is 2.03. The normalized spacial score (nSPS) is 17.8. The molecule has 1 heterocycles. The third-order valence-corrected chi connectivity index (χ3v) is 7.26. The van der Waals surface area contributed by atoms with Crippen LogP contribution < -0.4 is 9.47 Å². The molecule has 1 aliphatic rings. The van der Waals surface area contributed by atoms with E-state index in [2.05, 4.69) is 0 Å². The van der Waals surface area contributed by atoms with Crippen molar-refractivity contribution in [1.29, 1.82) is 0 Å². The first-order valence-corrected chi connectivity index (χ1v) is 13.9. The van der Waals surface area contributed by atoms with Crippen LogP contribution >= 0.6 is 0 Å². The van der Waals surface area contributed by atoms with Gasteiger partial charge < -0.3 is 23.7 Å². The molecule has 1 aliphatic heterocycles. The summed E-state index contributed by atoms with van der Waals surface area (Å²) < 4.78 is 22.2. The van der Waals surface area contributed by atoms with Crippen LogP contribution in [0.1, 0.15) is 34.8 Å². The van der Waals surface area contributed by atoms with Crippen LogP contribution in [0.2, 0.25) is 0 Å². The van der Waals surface area contributed by atoms with E-state index < -0.39 is 29.9 Å². The van der Waals surface area contributed by atoms with Gasteiger partial charge in [0.2, 0.25) is 0 Å². The lowest BCUT2D eigenvalue weighted by Gasteiger charge is -2.25. The molecule has 0 saturated carbocycles. The van der Waals surface area contributed by atoms with Gasteiger partial charge in [0, 0.05) is 36.8 Å². The highest BCUT2D eigenvalue weighted by atomic mass is 16.6. The molecule has 0 N–H and O–H groups in total. The summed E-state index contributed by atoms with van der Waals surface area (Å²) >= 11 is 0. The predicted molar refractivity (Wildman–Crippen MR) is 154 cm³/mol. The van der Waals surface area contributed by atoms with Crippen molar-refractivity contribution in [2.75, 3.05) is 26.9 Å². The molecule has 1 amide bonds. The van der Waals surface area contributed by atoms with Crippen LogP contribution in [0.15, 0.2) is 78.9 Å². The minimum atomic E-state index is -1.14. The van der Waals surface area contributed by atoms with E-state index in [-0.39, 0.29) is 32.0 Å².